The van der Waals surface area contributed by atoms with Crippen LogP contribution in [-0.4, -0.2) is 42.7 Å². The van der Waals surface area contributed by atoms with Crippen molar-refractivity contribution < 1.29 is 28.4 Å². The molecule has 0 bridgehead atoms. The first-order chi connectivity index (χ1) is 48.5. The molecule has 0 atom stereocenters. The van der Waals surface area contributed by atoms with E-state index in [4.69, 9.17) is 28.4 Å². The van der Waals surface area contributed by atoms with Crippen LogP contribution in [0.25, 0.3) is 98.0 Å². The fraction of sp³-hybridized carbons (Fsp3) is 0.0690. The highest BCUT2D eigenvalue weighted by atomic mass is 16.5. The van der Waals surface area contributed by atoms with E-state index in [-0.39, 0.29) is 16.3 Å². The molecule has 0 saturated heterocycles. The van der Waals surface area contributed by atoms with Crippen molar-refractivity contribution in [1.29, 1.82) is 0 Å². The molecule has 0 unspecified atom stereocenters. The van der Waals surface area contributed by atoms with E-state index in [0.717, 1.165) is 119 Å². The van der Waals surface area contributed by atoms with Crippen molar-refractivity contribution in [1.82, 2.24) is 0 Å². The lowest BCUT2D eigenvalue weighted by Crippen LogP contribution is -2.09. The van der Waals surface area contributed by atoms with E-state index in [1.807, 2.05) is 200 Å². The van der Waals surface area contributed by atoms with Crippen molar-refractivity contribution in [2.75, 3.05) is 57.4 Å². The summed E-state index contributed by atoms with van der Waals surface area (Å²) in [6, 6.07) is 90.1. The number of ether oxygens (including phenoxy) is 6. The number of rotatable bonds is 18. The van der Waals surface area contributed by atoms with Gasteiger partial charge in [-0.05, 0) is 268 Å². The normalized spacial score (nSPS) is 11.5. The van der Waals surface area contributed by atoms with Crippen LogP contribution in [0.4, 0.5) is 51.2 Å². The third kappa shape index (κ3) is 10.5. The van der Waals surface area contributed by atoms with Gasteiger partial charge in [0.1, 0.15) is 34.5 Å². The van der Waals surface area contributed by atoms with E-state index in [1.165, 1.54) is 0 Å². The summed E-state index contributed by atoms with van der Waals surface area (Å²) in [6.45, 7) is 0. The van der Waals surface area contributed by atoms with Gasteiger partial charge < -0.3 is 43.1 Å². The van der Waals surface area contributed by atoms with Crippen molar-refractivity contribution in [3.63, 3.8) is 0 Å². The second kappa shape index (κ2) is 25.0. The Bertz CT molecular complexity index is 5130. The zero-order valence-electron chi connectivity index (χ0n) is 55.0. The molecule has 0 spiro atoms. The second-order valence-electron chi connectivity index (χ2n) is 24.4. The van der Waals surface area contributed by atoms with E-state index in [9.17, 15) is 0 Å². The maximum Gasteiger partial charge on any atom is 0.194 e. The van der Waals surface area contributed by atoms with Gasteiger partial charge >= 0.3 is 0 Å². The molecule has 480 valence electrons. The monoisotopic (exact) mass is 1290 g/mol. The van der Waals surface area contributed by atoms with Crippen LogP contribution in [0.3, 0.4) is 0 Å². The lowest BCUT2D eigenvalue weighted by Gasteiger charge is -2.26. The van der Waals surface area contributed by atoms with Gasteiger partial charge in [-0.25, -0.2) is 0 Å². The fourth-order valence-electron chi connectivity index (χ4n) is 14.2. The second-order valence-corrected chi connectivity index (χ2v) is 24.4. The molecule has 0 fully saturated rings. The molecule has 16 aromatic carbocycles. The van der Waals surface area contributed by atoms with E-state index in [1.54, 1.807) is 42.7 Å². The van der Waals surface area contributed by atoms with Gasteiger partial charge in [-0.2, -0.15) is 0 Å². The Morgan fingerprint density at radius 2 is 0.343 bits per heavy atom. The third-order valence-electron chi connectivity index (χ3n) is 19.1. The van der Waals surface area contributed by atoms with E-state index in [0.29, 0.717) is 64.6 Å². The van der Waals surface area contributed by atoms with Crippen LogP contribution in [0.15, 0.2) is 287 Å². The van der Waals surface area contributed by atoms with E-state index >= 15 is 14.4 Å². The van der Waals surface area contributed by atoms with Gasteiger partial charge in [0.15, 0.2) is 16.3 Å². The highest BCUT2D eigenvalue weighted by molar-refractivity contribution is 6.43. The minimum atomic E-state index is -0.244. The topological polar surface area (TPSA) is 116 Å². The lowest BCUT2D eigenvalue weighted by atomic mass is 9.96. The molecular weight excluding hydrogens is 1230 g/mol. The molecule has 0 aliphatic heterocycles. The summed E-state index contributed by atoms with van der Waals surface area (Å²) in [5.74, 6) is 4.48. The summed E-state index contributed by atoms with van der Waals surface area (Å²) in [7, 11) is 9.92. The molecular formula is C87H63N3O9. The summed E-state index contributed by atoms with van der Waals surface area (Å²) in [4.78, 5) is 53.6. The van der Waals surface area contributed by atoms with Crippen molar-refractivity contribution >= 4 is 116 Å². The molecule has 0 aliphatic carbocycles. The molecule has 16 aromatic rings. The first kappa shape index (κ1) is 61.0. The number of fused-ring (bicyclic) bond motifs is 12. The Balaban J connectivity index is 0.867. The van der Waals surface area contributed by atoms with Crippen molar-refractivity contribution in [3.8, 4) is 67.9 Å². The maximum absolute atomic E-state index is 15.7. The average Bonchev–Trinajstić information content (AvgIpc) is 1.52. The largest absolute Gasteiger partial charge is 0.497 e. The van der Waals surface area contributed by atoms with E-state index in [2.05, 4.69) is 87.5 Å². The molecule has 12 heteroatoms. The van der Waals surface area contributed by atoms with Crippen LogP contribution >= 0.6 is 0 Å². The standard InChI is InChI=1S/C87H63N3O9/c1-94-67-34-22-61(23-35-67)88(62-24-36-68(95-2)37-25-62)58-16-7-52(8-17-58)55-13-46-73-76(49-55)79-82(85(73)91)80-78-51-57(54-11-20-60(21-12-54)90(65-30-42-71(98-5)43-31-65)66-32-44-72(99-6)45-33-66)15-48-75(78)87(93)84(80)81-77-50-56(14-47-74(77)86(92)83(79)81)53-9-18-59(19-10-53)89(63-26-38-69(96-3)39-27-63)64-28-40-70(97-4)41-29-64/h7-51H,1-6H3. The van der Waals surface area contributed by atoms with Crippen LogP contribution in [0, 0.1) is 0 Å². The molecule has 16 rings (SSSR count). The SMILES string of the molecule is COc1ccc(N(c2ccc(OC)cc2)c2ccc(-c3ccc4c(=O)c5c(c4c3)c3c(=O)c4ccc(-c6ccc(N(c7ccc(OC)cc7)c7ccc(OC)cc7)cc6)cc4c3c3c(=O)c4ccc(-c6ccc(N(c7ccc(OC)cc7)c7ccc(OC)cc7)cc6)cc4c53)cc2)cc1. The van der Waals surface area contributed by atoms with Crippen molar-refractivity contribution in [2.45, 2.75) is 0 Å². The van der Waals surface area contributed by atoms with Crippen LogP contribution in [0.2, 0.25) is 0 Å². The highest BCUT2D eigenvalue weighted by Gasteiger charge is 2.29. The van der Waals surface area contributed by atoms with Crippen LogP contribution in [0.5, 0.6) is 34.5 Å². The Morgan fingerprint density at radius 1 is 0.182 bits per heavy atom. The fourth-order valence-corrected chi connectivity index (χ4v) is 14.2. The Labute approximate surface area is 570 Å². The number of benzene rings is 13. The van der Waals surface area contributed by atoms with Crippen molar-refractivity contribution in [2.24, 2.45) is 0 Å². The summed E-state index contributed by atoms with van der Waals surface area (Å²) >= 11 is 0. The van der Waals surface area contributed by atoms with Gasteiger partial charge in [-0.3, -0.25) is 14.4 Å². The molecule has 0 N–H and O–H groups in total. The van der Waals surface area contributed by atoms with Gasteiger partial charge in [0, 0.05) is 99.7 Å². The smallest absolute Gasteiger partial charge is 0.194 e. The highest BCUT2D eigenvalue weighted by Crippen LogP contribution is 2.47. The molecule has 0 heterocycles. The predicted octanol–water partition coefficient (Wildman–Crippen LogP) is 20.5. The number of methoxy groups -OCH3 is 6. The van der Waals surface area contributed by atoms with Crippen LogP contribution < -0.4 is 59.4 Å². The zero-order valence-corrected chi connectivity index (χ0v) is 55.0. The molecule has 0 saturated carbocycles. The summed E-state index contributed by atoms with van der Waals surface area (Å²) < 4.78 is 33.2. The van der Waals surface area contributed by atoms with Gasteiger partial charge in [0.2, 0.25) is 0 Å². The molecule has 0 radical (unpaired) electrons. The van der Waals surface area contributed by atoms with Gasteiger partial charge in [0.05, 0.1) is 42.7 Å². The Hall–Kier alpha value is -12.9. The first-order valence-electron chi connectivity index (χ1n) is 32.4. The summed E-state index contributed by atoms with van der Waals surface area (Å²) in [5.41, 5.74) is 12.8. The zero-order chi connectivity index (χ0) is 67.6. The lowest BCUT2D eigenvalue weighted by molar-refractivity contribution is 0.414. The van der Waals surface area contributed by atoms with Crippen molar-refractivity contribution in [3.05, 3.63) is 304 Å². The van der Waals surface area contributed by atoms with Gasteiger partial charge in [0.25, 0.3) is 0 Å². The quantitative estimate of drug-likeness (QED) is 0.0814. The van der Waals surface area contributed by atoms with Gasteiger partial charge in [-0.1, -0.05) is 54.6 Å². The number of hydrogen-bond donors (Lipinski definition) is 0. The Kier molecular flexibility index (Phi) is 15.4. The number of nitrogens with zero attached hydrogens (tertiary/aromatic N) is 3. The minimum Gasteiger partial charge on any atom is -0.497 e. The molecule has 0 aliphatic rings. The first-order valence-corrected chi connectivity index (χ1v) is 32.4. The molecule has 0 amide bonds. The number of hydrogen-bond acceptors (Lipinski definition) is 12. The van der Waals surface area contributed by atoms with Crippen LogP contribution in [0.1, 0.15) is 0 Å². The van der Waals surface area contributed by atoms with Crippen LogP contribution in [-0.2, 0) is 0 Å². The van der Waals surface area contributed by atoms with Gasteiger partial charge in [-0.15, -0.1) is 0 Å². The summed E-state index contributed by atoms with van der Waals surface area (Å²) in [6.07, 6.45) is 0. The minimum absolute atomic E-state index is 0.244. The Morgan fingerprint density at radius 3 is 0.515 bits per heavy atom. The maximum atomic E-state index is 15.7. The molecule has 12 nitrogen and oxygen atoms in total. The third-order valence-corrected chi connectivity index (χ3v) is 19.1. The predicted molar refractivity (Wildman–Crippen MR) is 404 cm³/mol. The molecule has 99 heavy (non-hydrogen) atoms. The van der Waals surface area contributed by atoms with E-state index < -0.39 is 0 Å². The number of anilines is 9. The average molecular weight is 1290 g/mol. The molecule has 0 aromatic heterocycles. The summed E-state index contributed by atoms with van der Waals surface area (Å²) in [5, 5.41) is 5.93.